The minimum atomic E-state index is -0.471. The number of fused-ring (bicyclic) bond motifs is 3. The summed E-state index contributed by atoms with van der Waals surface area (Å²) in [5.41, 5.74) is 1.08. The summed E-state index contributed by atoms with van der Waals surface area (Å²) in [6.45, 7) is 4.90. The lowest BCUT2D eigenvalue weighted by Crippen LogP contribution is -2.52. The van der Waals surface area contributed by atoms with Gasteiger partial charge in [0.25, 0.3) is 0 Å². The molecule has 2 aliphatic rings. The normalized spacial score (nSPS) is 30.3. The number of rotatable bonds is 2. The van der Waals surface area contributed by atoms with Crippen LogP contribution in [-0.4, -0.2) is 6.61 Å². The Morgan fingerprint density at radius 3 is 2.50 bits per heavy atom. The first-order valence-electron chi connectivity index (χ1n) is 9.28. The second-order valence-corrected chi connectivity index (χ2v) is 8.42. The maximum atomic E-state index is 15.0. The first kappa shape index (κ1) is 17.8. The fourth-order valence-electron chi connectivity index (χ4n) is 5.04. The standard InChI is InChI=1S/C22H23ClF2O/c1-13-9-10-22(11-15-3-5-16(23)6-4-15)17(14(13)2)12-26-21-19(25)8-7-18(24)20(21)22/h3-8,13-14,17H,9-12H2,1-2H3/t13-,14+,17-,22-/m0/s1. The average molecular weight is 377 g/mol. The van der Waals surface area contributed by atoms with E-state index in [1.807, 2.05) is 24.3 Å². The molecule has 1 heterocycles. The summed E-state index contributed by atoms with van der Waals surface area (Å²) < 4.78 is 35.2. The van der Waals surface area contributed by atoms with Crippen LogP contribution >= 0.6 is 11.6 Å². The molecule has 0 spiro atoms. The molecule has 1 fully saturated rings. The second-order valence-electron chi connectivity index (χ2n) is 7.99. The van der Waals surface area contributed by atoms with Gasteiger partial charge in [0.2, 0.25) is 0 Å². The van der Waals surface area contributed by atoms with E-state index in [1.54, 1.807) is 0 Å². The first-order chi connectivity index (χ1) is 12.4. The second kappa shape index (κ2) is 6.53. The molecule has 0 radical (unpaired) electrons. The fourth-order valence-corrected chi connectivity index (χ4v) is 5.17. The smallest absolute Gasteiger partial charge is 0.165 e. The minimum absolute atomic E-state index is 0.108. The van der Waals surface area contributed by atoms with Crippen molar-refractivity contribution in [2.45, 2.75) is 38.5 Å². The highest BCUT2D eigenvalue weighted by Crippen LogP contribution is 2.56. The van der Waals surface area contributed by atoms with Gasteiger partial charge >= 0.3 is 0 Å². The number of hydrogen-bond acceptors (Lipinski definition) is 1. The number of halogens is 3. The highest BCUT2D eigenvalue weighted by molar-refractivity contribution is 6.30. The molecule has 138 valence electrons. The van der Waals surface area contributed by atoms with Crippen molar-refractivity contribution in [1.82, 2.24) is 0 Å². The number of benzene rings is 2. The predicted molar refractivity (Wildman–Crippen MR) is 99.7 cm³/mol. The van der Waals surface area contributed by atoms with Gasteiger partial charge in [-0.2, -0.15) is 0 Å². The average Bonchev–Trinajstić information content (AvgIpc) is 2.63. The van der Waals surface area contributed by atoms with Crippen molar-refractivity contribution in [1.29, 1.82) is 0 Å². The van der Waals surface area contributed by atoms with E-state index in [2.05, 4.69) is 13.8 Å². The van der Waals surface area contributed by atoms with Crippen molar-refractivity contribution in [3.63, 3.8) is 0 Å². The van der Waals surface area contributed by atoms with Crippen LogP contribution in [-0.2, 0) is 11.8 Å². The molecule has 0 amide bonds. The molecule has 1 aliphatic carbocycles. The van der Waals surface area contributed by atoms with E-state index in [1.165, 1.54) is 12.1 Å². The highest BCUT2D eigenvalue weighted by atomic mass is 35.5. The Kier molecular flexibility index (Phi) is 4.46. The lowest BCUT2D eigenvalue weighted by molar-refractivity contribution is 0.0132. The van der Waals surface area contributed by atoms with Crippen molar-refractivity contribution < 1.29 is 13.5 Å². The molecule has 0 bridgehead atoms. The Balaban J connectivity index is 1.88. The number of hydrogen-bond donors (Lipinski definition) is 0. The summed E-state index contributed by atoms with van der Waals surface area (Å²) in [5.74, 6) is 0.359. The molecule has 0 unspecified atom stereocenters. The third-order valence-corrected chi connectivity index (χ3v) is 6.94. The highest BCUT2D eigenvalue weighted by Gasteiger charge is 2.53. The third kappa shape index (κ3) is 2.72. The van der Waals surface area contributed by atoms with Crippen LogP contribution in [0, 0.1) is 29.4 Å². The van der Waals surface area contributed by atoms with Gasteiger partial charge in [0, 0.05) is 21.9 Å². The largest absolute Gasteiger partial charge is 0.490 e. The van der Waals surface area contributed by atoms with Gasteiger partial charge in [-0.3, -0.25) is 0 Å². The quantitative estimate of drug-likeness (QED) is 0.608. The summed E-state index contributed by atoms with van der Waals surface area (Å²) in [7, 11) is 0. The van der Waals surface area contributed by atoms with E-state index in [-0.39, 0.29) is 17.5 Å². The molecule has 4 atom stereocenters. The van der Waals surface area contributed by atoms with E-state index < -0.39 is 11.2 Å². The zero-order chi connectivity index (χ0) is 18.5. The third-order valence-electron chi connectivity index (χ3n) is 6.68. The van der Waals surface area contributed by atoms with E-state index in [9.17, 15) is 8.78 Å². The molecule has 4 heteroatoms. The predicted octanol–water partition coefficient (Wildman–Crippen LogP) is 6.17. The maximum absolute atomic E-state index is 15.0. The summed E-state index contributed by atoms with van der Waals surface area (Å²) in [4.78, 5) is 0. The van der Waals surface area contributed by atoms with Crippen molar-refractivity contribution in [3.8, 4) is 5.75 Å². The maximum Gasteiger partial charge on any atom is 0.165 e. The molecule has 2 aromatic rings. The Labute approximate surface area is 158 Å². The summed E-state index contributed by atoms with van der Waals surface area (Å²) >= 11 is 6.03. The van der Waals surface area contributed by atoms with E-state index in [0.717, 1.165) is 18.4 Å². The van der Waals surface area contributed by atoms with Gasteiger partial charge < -0.3 is 4.74 Å². The molecular weight excluding hydrogens is 354 g/mol. The topological polar surface area (TPSA) is 9.23 Å². The monoisotopic (exact) mass is 376 g/mol. The molecule has 1 saturated carbocycles. The Morgan fingerprint density at radius 2 is 1.77 bits per heavy atom. The van der Waals surface area contributed by atoms with Gasteiger partial charge in [-0.15, -0.1) is 0 Å². The van der Waals surface area contributed by atoms with Crippen molar-refractivity contribution in [2.24, 2.45) is 17.8 Å². The summed E-state index contributed by atoms with van der Waals surface area (Å²) in [6, 6.07) is 10.1. The van der Waals surface area contributed by atoms with Crippen LogP contribution in [0.15, 0.2) is 36.4 Å². The van der Waals surface area contributed by atoms with Gasteiger partial charge in [-0.05, 0) is 60.9 Å². The van der Waals surface area contributed by atoms with Crippen molar-refractivity contribution in [3.05, 3.63) is 64.2 Å². The van der Waals surface area contributed by atoms with E-state index in [0.29, 0.717) is 35.4 Å². The van der Waals surface area contributed by atoms with Crippen LogP contribution in [0.25, 0.3) is 0 Å². The van der Waals surface area contributed by atoms with Crippen LogP contribution in [0.1, 0.15) is 37.8 Å². The van der Waals surface area contributed by atoms with Crippen LogP contribution < -0.4 is 4.74 Å². The van der Waals surface area contributed by atoms with Gasteiger partial charge in [-0.25, -0.2) is 8.78 Å². The molecule has 0 aromatic heterocycles. The van der Waals surface area contributed by atoms with E-state index in [4.69, 9.17) is 16.3 Å². The van der Waals surface area contributed by atoms with Gasteiger partial charge in [-0.1, -0.05) is 37.6 Å². The molecule has 2 aromatic carbocycles. The lowest BCUT2D eigenvalue weighted by Gasteiger charge is -2.53. The molecular formula is C22H23ClF2O. The Bertz CT molecular complexity index is 820. The van der Waals surface area contributed by atoms with Crippen LogP contribution in [0.4, 0.5) is 8.78 Å². The van der Waals surface area contributed by atoms with Crippen LogP contribution in [0.3, 0.4) is 0 Å². The zero-order valence-electron chi connectivity index (χ0n) is 15.1. The van der Waals surface area contributed by atoms with Crippen LogP contribution in [0.2, 0.25) is 5.02 Å². The summed E-state index contributed by atoms with van der Waals surface area (Å²) in [5, 5.41) is 0.679. The molecule has 1 aliphatic heterocycles. The van der Waals surface area contributed by atoms with E-state index >= 15 is 0 Å². The van der Waals surface area contributed by atoms with Crippen LogP contribution in [0.5, 0.6) is 5.75 Å². The number of ether oxygens (including phenoxy) is 1. The molecule has 0 N–H and O–H groups in total. The fraction of sp³-hybridized carbons (Fsp3) is 0.455. The molecule has 1 nitrogen and oxygen atoms in total. The van der Waals surface area contributed by atoms with Crippen molar-refractivity contribution in [2.75, 3.05) is 6.61 Å². The van der Waals surface area contributed by atoms with Gasteiger partial charge in [0.15, 0.2) is 11.6 Å². The molecule has 26 heavy (non-hydrogen) atoms. The molecule has 0 saturated heterocycles. The molecule has 4 rings (SSSR count). The Morgan fingerprint density at radius 1 is 1.08 bits per heavy atom. The lowest BCUT2D eigenvalue weighted by atomic mass is 9.53. The zero-order valence-corrected chi connectivity index (χ0v) is 15.8. The summed E-state index contributed by atoms with van der Waals surface area (Å²) in [6.07, 6.45) is 2.51. The van der Waals surface area contributed by atoms with Gasteiger partial charge in [0.05, 0.1) is 6.61 Å². The Hall–Kier alpha value is -1.61. The minimum Gasteiger partial charge on any atom is -0.490 e. The first-order valence-corrected chi connectivity index (χ1v) is 9.66. The SMILES string of the molecule is C[C@@H]1[C@@H](C)CC[C@@]2(Cc3ccc(Cl)cc3)c3c(F)ccc(F)c3OC[C@@H]12. The van der Waals surface area contributed by atoms with Gasteiger partial charge in [0.1, 0.15) is 5.82 Å². The van der Waals surface area contributed by atoms with Crippen molar-refractivity contribution >= 4 is 11.6 Å².